The van der Waals surface area contributed by atoms with Crippen LogP contribution in [0.15, 0.2) is 0 Å². The summed E-state index contributed by atoms with van der Waals surface area (Å²) >= 11 is -0.106. The van der Waals surface area contributed by atoms with Gasteiger partial charge in [-0.3, -0.25) is 0 Å². The van der Waals surface area contributed by atoms with E-state index < -0.39 is 0 Å². The van der Waals surface area contributed by atoms with Gasteiger partial charge in [-0.05, 0) is 29.8 Å². The molecule has 1 saturated carbocycles. The Labute approximate surface area is 129 Å². The standard InChI is InChI=1S/C11H23P.2ClH.Fe.Pd/c1-9(2)12(10(3)4)11-7-5-6-8-11;;;;/h9-11H,5-8H2,1-4H3;2*1H;;/q;;;;+2/p-2. The normalized spacial score (nSPS) is 16.6. The molecule has 0 aromatic heterocycles. The first-order chi connectivity index (χ1) is 7.04. The third-order valence-electron chi connectivity index (χ3n) is 2.94. The van der Waals surface area contributed by atoms with Crippen LogP contribution in [0, 0.1) is 0 Å². The van der Waals surface area contributed by atoms with Gasteiger partial charge in [0.2, 0.25) is 0 Å². The fourth-order valence-electron chi connectivity index (χ4n) is 2.64. The van der Waals surface area contributed by atoms with Crippen LogP contribution in [0.4, 0.5) is 0 Å². The van der Waals surface area contributed by atoms with Crippen molar-refractivity contribution in [3.63, 3.8) is 0 Å². The van der Waals surface area contributed by atoms with Crippen LogP contribution in [-0.2, 0) is 33.0 Å². The zero-order chi connectivity index (χ0) is 11.8. The molecule has 0 bridgehead atoms. The summed E-state index contributed by atoms with van der Waals surface area (Å²) in [5.41, 5.74) is 3.01. The Balaban J connectivity index is 0. The van der Waals surface area contributed by atoms with Crippen molar-refractivity contribution >= 4 is 27.0 Å². The summed E-state index contributed by atoms with van der Waals surface area (Å²) in [6.07, 6.45) is 6.07. The van der Waals surface area contributed by atoms with Crippen LogP contribution in [0.25, 0.3) is 0 Å². The van der Waals surface area contributed by atoms with Crippen molar-refractivity contribution in [2.75, 3.05) is 0 Å². The van der Waals surface area contributed by atoms with Gasteiger partial charge < -0.3 is 0 Å². The van der Waals surface area contributed by atoms with Gasteiger partial charge in [-0.2, -0.15) is 0 Å². The van der Waals surface area contributed by atoms with E-state index in [9.17, 15) is 0 Å². The molecular formula is C11H23Cl2FePPd. The van der Waals surface area contributed by atoms with E-state index in [-0.39, 0.29) is 33.0 Å². The average molecular weight is 419 g/mol. The van der Waals surface area contributed by atoms with E-state index in [1.54, 1.807) is 0 Å². The molecule has 104 valence electrons. The second-order valence-corrected chi connectivity index (χ2v) is 10.7. The quantitative estimate of drug-likeness (QED) is 0.413. The zero-order valence-corrected chi connectivity index (χ0v) is 15.5. The summed E-state index contributed by atoms with van der Waals surface area (Å²) in [7, 11) is 9.95. The summed E-state index contributed by atoms with van der Waals surface area (Å²) in [6, 6.07) is 0. The SMILES string of the molecule is CC(C)P(C(C)C)C1CCCC1.[Cl][Pd][Cl].[Fe]. The first-order valence-electron chi connectivity index (χ1n) is 5.64. The monoisotopic (exact) mass is 418 g/mol. The second-order valence-electron chi connectivity index (χ2n) is 4.62. The Kier molecular flexibility index (Phi) is 15.7. The maximum absolute atomic E-state index is 4.81. The molecule has 0 atom stereocenters. The van der Waals surface area contributed by atoms with Gasteiger partial charge in [0.25, 0.3) is 0 Å². The molecule has 0 nitrogen and oxygen atoms in total. The van der Waals surface area contributed by atoms with Gasteiger partial charge in [-0.15, -0.1) is 0 Å². The van der Waals surface area contributed by atoms with Crippen LogP contribution in [0.1, 0.15) is 53.4 Å². The number of halogens is 2. The molecule has 16 heavy (non-hydrogen) atoms. The molecule has 0 N–H and O–H groups in total. The summed E-state index contributed by atoms with van der Waals surface area (Å²) in [4.78, 5) is 0. The van der Waals surface area contributed by atoms with Gasteiger partial charge in [0.1, 0.15) is 0 Å². The molecule has 0 heterocycles. The van der Waals surface area contributed by atoms with E-state index in [0.717, 1.165) is 17.0 Å². The fraction of sp³-hybridized carbons (Fsp3) is 1.00. The van der Waals surface area contributed by atoms with E-state index in [1.807, 2.05) is 0 Å². The largest absolute Gasteiger partial charge is 0 e. The van der Waals surface area contributed by atoms with Crippen LogP contribution in [-0.4, -0.2) is 17.0 Å². The molecule has 1 aliphatic rings. The fourth-order valence-corrected chi connectivity index (χ4v) is 6.48. The molecule has 0 aliphatic heterocycles. The summed E-state index contributed by atoms with van der Waals surface area (Å²) in [5, 5.41) is 0. The van der Waals surface area contributed by atoms with Crippen molar-refractivity contribution in [3.8, 4) is 0 Å². The van der Waals surface area contributed by atoms with Gasteiger partial charge in [0, 0.05) is 17.1 Å². The molecule has 0 aromatic rings. The minimum absolute atomic E-state index is 0. The van der Waals surface area contributed by atoms with E-state index in [0.29, 0.717) is 7.92 Å². The molecule has 1 aliphatic carbocycles. The second kappa shape index (κ2) is 12.2. The first-order valence-corrected chi connectivity index (χ1v) is 11.2. The Morgan fingerprint density at radius 3 is 1.56 bits per heavy atom. The minimum atomic E-state index is -0.106. The van der Waals surface area contributed by atoms with Crippen molar-refractivity contribution in [2.24, 2.45) is 0 Å². The minimum Gasteiger partial charge on any atom is 0 e. The van der Waals surface area contributed by atoms with E-state index in [4.69, 9.17) is 19.1 Å². The van der Waals surface area contributed by atoms with Gasteiger partial charge in [0.05, 0.1) is 0 Å². The Morgan fingerprint density at radius 2 is 1.31 bits per heavy atom. The smallest absolute Gasteiger partial charge is 0 e. The number of hydrogen-bond donors (Lipinski definition) is 0. The molecule has 1 fully saturated rings. The van der Waals surface area contributed by atoms with Crippen molar-refractivity contribution in [1.29, 1.82) is 0 Å². The Hall–Kier alpha value is 2.19. The summed E-state index contributed by atoms with van der Waals surface area (Å²) < 4.78 is 0. The molecule has 0 spiro atoms. The molecule has 0 amide bonds. The van der Waals surface area contributed by atoms with Crippen LogP contribution in [0.3, 0.4) is 0 Å². The first kappa shape index (κ1) is 20.5. The molecule has 0 saturated heterocycles. The maximum Gasteiger partial charge on any atom is 0 e. The molecule has 5 heteroatoms. The van der Waals surface area contributed by atoms with E-state index >= 15 is 0 Å². The summed E-state index contributed by atoms with van der Waals surface area (Å²) in [5.74, 6) is 0. The Bertz CT molecular complexity index is 145. The molecular weight excluding hydrogens is 396 g/mol. The van der Waals surface area contributed by atoms with Gasteiger partial charge in [0.15, 0.2) is 0 Å². The molecule has 0 aromatic carbocycles. The van der Waals surface area contributed by atoms with Crippen molar-refractivity contribution in [1.82, 2.24) is 0 Å². The van der Waals surface area contributed by atoms with Crippen molar-refractivity contribution in [3.05, 3.63) is 0 Å². The zero-order valence-electron chi connectivity index (χ0n) is 10.4. The van der Waals surface area contributed by atoms with Crippen LogP contribution in [0.5, 0.6) is 0 Å². The third-order valence-corrected chi connectivity index (χ3v) is 6.68. The van der Waals surface area contributed by atoms with Crippen molar-refractivity contribution in [2.45, 2.75) is 70.4 Å². The summed E-state index contributed by atoms with van der Waals surface area (Å²) in [6.45, 7) is 9.68. The molecule has 0 unspecified atom stereocenters. The Morgan fingerprint density at radius 1 is 1.00 bits per heavy atom. The third kappa shape index (κ3) is 8.32. The molecule has 0 radical (unpaired) electrons. The topological polar surface area (TPSA) is 0 Å². The van der Waals surface area contributed by atoms with Crippen molar-refractivity contribution < 1.29 is 33.0 Å². The predicted octanol–water partition coefficient (Wildman–Crippen LogP) is 5.60. The predicted molar refractivity (Wildman–Crippen MR) is 71.2 cm³/mol. The van der Waals surface area contributed by atoms with E-state index in [1.165, 1.54) is 25.7 Å². The van der Waals surface area contributed by atoms with Crippen LogP contribution in [0.2, 0.25) is 0 Å². The number of hydrogen-bond acceptors (Lipinski definition) is 0. The average Bonchev–Trinajstić information content (AvgIpc) is 2.57. The van der Waals surface area contributed by atoms with Gasteiger partial charge in [-0.25, -0.2) is 0 Å². The van der Waals surface area contributed by atoms with Gasteiger partial charge in [-0.1, -0.05) is 48.5 Å². The van der Waals surface area contributed by atoms with Crippen LogP contribution >= 0.6 is 27.0 Å². The van der Waals surface area contributed by atoms with Gasteiger partial charge >= 0.3 is 35.0 Å². The maximum atomic E-state index is 4.81. The molecule has 1 rings (SSSR count). The van der Waals surface area contributed by atoms with Crippen LogP contribution < -0.4 is 0 Å². The van der Waals surface area contributed by atoms with E-state index in [2.05, 4.69) is 27.7 Å². The number of rotatable bonds is 3.